The summed E-state index contributed by atoms with van der Waals surface area (Å²) < 4.78 is 0. The van der Waals surface area contributed by atoms with Crippen LogP contribution in [0.3, 0.4) is 0 Å². The molecule has 1 rings (SSSR count). The summed E-state index contributed by atoms with van der Waals surface area (Å²) in [6.45, 7) is -0.259. The van der Waals surface area contributed by atoms with E-state index in [9.17, 15) is 9.59 Å². The molecule has 0 radical (unpaired) electrons. The molecule has 0 fully saturated rings. The van der Waals surface area contributed by atoms with Crippen LogP contribution in [0.15, 0.2) is 24.3 Å². The summed E-state index contributed by atoms with van der Waals surface area (Å²) in [5.41, 5.74) is 0.957. The summed E-state index contributed by atoms with van der Waals surface area (Å²) in [4.78, 5) is 26.7. The number of aliphatic hydroxyl groups is 1. The van der Waals surface area contributed by atoms with Gasteiger partial charge in [-0.25, -0.2) is 0 Å². The Morgan fingerprint density at radius 1 is 1.20 bits per heavy atom. The minimum atomic E-state index is -0.275. The number of benzene rings is 1. The molecule has 1 aromatic carbocycles. The summed E-state index contributed by atoms with van der Waals surface area (Å²) >= 11 is 0. The van der Waals surface area contributed by atoms with E-state index in [-0.39, 0.29) is 25.0 Å². The lowest BCUT2D eigenvalue weighted by atomic mass is 10.1. The molecule has 106 valence electrons. The van der Waals surface area contributed by atoms with Crippen molar-refractivity contribution in [2.75, 3.05) is 34.3 Å². The number of carbonyl (C=O) groups excluding carboxylic acids is 2. The first-order valence-electron chi connectivity index (χ1n) is 6.11. The highest BCUT2D eigenvalue weighted by Gasteiger charge is 2.17. The minimum Gasteiger partial charge on any atom is -0.384 e. The van der Waals surface area contributed by atoms with E-state index >= 15 is 0 Å². The highest BCUT2D eigenvalue weighted by Crippen LogP contribution is 2.10. The van der Waals surface area contributed by atoms with E-state index in [4.69, 9.17) is 5.11 Å². The van der Waals surface area contributed by atoms with Gasteiger partial charge in [-0.2, -0.15) is 0 Å². The number of aliphatic hydroxyl groups excluding tert-OH is 1. The smallest absolute Gasteiger partial charge is 0.255 e. The zero-order chi connectivity index (χ0) is 15.1. The second kappa shape index (κ2) is 7.31. The summed E-state index contributed by atoms with van der Waals surface area (Å²) in [5.74, 6) is 4.82. The van der Waals surface area contributed by atoms with E-state index in [1.54, 1.807) is 45.4 Å². The molecule has 5 heteroatoms. The number of hydrogen-bond donors (Lipinski definition) is 1. The van der Waals surface area contributed by atoms with Crippen LogP contribution < -0.4 is 0 Å². The van der Waals surface area contributed by atoms with Crippen molar-refractivity contribution >= 4 is 11.8 Å². The molecule has 0 aliphatic rings. The van der Waals surface area contributed by atoms with Crippen LogP contribution in [0.4, 0.5) is 0 Å². The SMILES string of the molecule is CN(C)C(=O)CN(C)C(=O)c1ccccc1C#CCO. The average molecular weight is 274 g/mol. The molecule has 2 amide bonds. The average Bonchev–Trinajstić information content (AvgIpc) is 2.44. The lowest BCUT2D eigenvalue weighted by Crippen LogP contribution is -2.38. The third-order valence-electron chi connectivity index (χ3n) is 2.68. The Hall–Kier alpha value is -2.32. The Kier molecular flexibility index (Phi) is 5.75. The fourth-order valence-electron chi connectivity index (χ4n) is 1.54. The van der Waals surface area contributed by atoms with Crippen LogP contribution in [0.1, 0.15) is 15.9 Å². The molecule has 0 spiro atoms. The van der Waals surface area contributed by atoms with E-state index < -0.39 is 0 Å². The predicted octanol–water partition coefficient (Wildman–Crippen LogP) is 0.191. The van der Waals surface area contributed by atoms with Gasteiger partial charge in [0, 0.05) is 26.7 Å². The summed E-state index contributed by atoms with van der Waals surface area (Å²) in [7, 11) is 4.85. The summed E-state index contributed by atoms with van der Waals surface area (Å²) in [5, 5.41) is 8.73. The van der Waals surface area contributed by atoms with Gasteiger partial charge in [0.25, 0.3) is 5.91 Å². The van der Waals surface area contributed by atoms with E-state index in [0.717, 1.165) is 0 Å². The predicted molar refractivity (Wildman–Crippen MR) is 76.1 cm³/mol. The van der Waals surface area contributed by atoms with Crippen molar-refractivity contribution in [1.82, 2.24) is 9.80 Å². The zero-order valence-electron chi connectivity index (χ0n) is 11.9. The van der Waals surface area contributed by atoms with Gasteiger partial charge in [0.05, 0.1) is 12.1 Å². The first kappa shape index (κ1) is 15.7. The zero-order valence-corrected chi connectivity index (χ0v) is 11.9. The molecule has 20 heavy (non-hydrogen) atoms. The number of likely N-dealkylation sites (N-methyl/N-ethyl adjacent to an activating group) is 2. The normalized spacial score (nSPS) is 9.40. The number of amides is 2. The van der Waals surface area contributed by atoms with Crippen molar-refractivity contribution in [3.8, 4) is 11.8 Å². The van der Waals surface area contributed by atoms with Gasteiger partial charge in [0.1, 0.15) is 6.61 Å². The van der Waals surface area contributed by atoms with Crippen LogP contribution in [0.25, 0.3) is 0 Å². The van der Waals surface area contributed by atoms with Crippen molar-refractivity contribution < 1.29 is 14.7 Å². The lowest BCUT2D eigenvalue weighted by molar-refractivity contribution is -0.129. The second-order valence-corrected chi connectivity index (χ2v) is 4.45. The number of rotatable bonds is 3. The fourth-order valence-corrected chi connectivity index (χ4v) is 1.54. The molecule has 0 aliphatic carbocycles. The molecule has 0 bridgehead atoms. The van der Waals surface area contributed by atoms with E-state index in [1.165, 1.54) is 9.80 Å². The lowest BCUT2D eigenvalue weighted by Gasteiger charge is -2.19. The van der Waals surface area contributed by atoms with Crippen LogP contribution in [0, 0.1) is 11.8 Å². The number of nitrogens with zero attached hydrogens (tertiary/aromatic N) is 2. The first-order valence-corrected chi connectivity index (χ1v) is 6.11. The van der Waals surface area contributed by atoms with Crippen LogP contribution in [-0.4, -0.2) is 61.0 Å². The monoisotopic (exact) mass is 274 g/mol. The van der Waals surface area contributed by atoms with Crippen LogP contribution in [0.2, 0.25) is 0 Å². The van der Waals surface area contributed by atoms with Gasteiger partial charge in [0.15, 0.2) is 0 Å². The maximum Gasteiger partial charge on any atom is 0.255 e. The number of carbonyl (C=O) groups is 2. The van der Waals surface area contributed by atoms with Gasteiger partial charge >= 0.3 is 0 Å². The van der Waals surface area contributed by atoms with Crippen LogP contribution in [0.5, 0.6) is 0 Å². The van der Waals surface area contributed by atoms with Crippen molar-refractivity contribution in [2.24, 2.45) is 0 Å². The van der Waals surface area contributed by atoms with E-state index in [1.807, 2.05) is 0 Å². The number of hydrogen-bond acceptors (Lipinski definition) is 3. The summed E-state index contributed by atoms with van der Waals surface area (Å²) in [6, 6.07) is 6.86. The molecular formula is C15H18N2O3. The van der Waals surface area contributed by atoms with Crippen molar-refractivity contribution in [1.29, 1.82) is 0 Å². The van der Waals surface area contributed by atoms with Gasteiger partial charge in [-0.1, -0.05) is 24.0 Å². The van der Waals surface area contributed by atoms with Gasteiger partial charge < -0.3 is 14.9 Å². The van der Waals surface area contributed by atoms with Gasteiger partial charge in [-0.15, -0.1) is 0 Å². The molecule has 0 aromatic heterocycles. The van der Waals surface area contributed by atoms with Crippen LogP contribution in [-0.2, 0) is 4.79 Å². The van der Waals surface area contributed by atoms with Crippen molar-refractivity contribution in [3.05, 3.63) is 35.4 Å². The van der Waals surface area contributed by atoms with Gasteiger partial charge in [0.2, 0.25) is 5.91 Å². The molecule has 5 nitrogen and oxygen atoms in total. The molecule has 0 saturated heterocycles. The molecule has 0 saturated carbocycles. The quantitative estimate of drug-likeness (QED) is 0.801. The van der Waals surface area contributed by atoms with Crippen molar-refractivity contribution in [2.45, 2.75) is 0 Å². The maximum absolute atomic E-state index is 12.3. The maximum atomic E-state index is 12.3. The Balaban J connectivity index is 2.94. The highest BCUT2D eigenvalue weighted by molar-refractivity contribution is 5.98. The molecule has 1 aromatic rings. The van der Waals surface area contributed by atoms with E-state index in [2.05, 4.69) is 11.8 Å². The third-order valence-corrected chi connectivity index (χ3v) is 2.68. The standard InChI is InChI=1S/C15H18N2O3/c1-16(2)14(19)11-17(3)15(20)13-9-5-4-7-12(13)8-6-10-18/h4-5,7,9,18H,10-11H2,1-3H3. The molecule has 0 heterocycles. The van der Waals surface area contributed by atoms with Gasteiger partial charge in [-0.05, 0) is 12.1 Å². The Morgan fingerprint density at radius 3 is 2.45 bits per heavy atom. The Bertz CT molecular complexity index is 556. The highest BCUT2D eigenvalue weighted by atomic mass is 16.2. The molecule has 1 N–H and O–H groups in total. The largest absolute Gasteiger partial charge is 0.384 e. The van der Waals surface area contributed by atoms with Crippen LogP contribution >= 0.6 is 0 Å². The molecule has 0 aliphatic heterocycles. The van der Waals surface area contributed by atoms with Gasteiger partial charge in [-0.3, -0.25) is 9.59 Å². The minimum absolute atomic E-state index is 0.00754. The Morgan fingerprint density at radius 2 is 1.85 bits per heavy atom. The van der Waals surface area contributed by atoms with Crippen molar-refractivity contribution in [3.63, 3.8) is 0 Å². The topological polar surface area (TPSA) is 60.9 Å². The molecule has 0 atom stereocenters. The summed E-state index contributed by atoms with van der Waals surface area (Å²) in [6.07, 6.45) is 0. The second-order valence-electron chi connectivity index (χ2n) is 4.45. The Labute approximate surface area is 118 Å². The first-order chi connectivity index (χ1) is 9.47. The molecular weight excluding hydrogens is 256 g/mol. The third kappa shape index (κ3) is 4.11. The molecule has 0 unspecified atom stereocenters. The fraction of sp³-hybridized carbons (Fsp3) is 0.333. The van der Waals surface area contributed by atoms with E-state index in [0.29, 0.717) is 11.1 Å².